The summed E-state index contributed by atoms with van der Waals surface area (Å²) in [5, 5.41) is 2.95. The minimum atomic E-state index is -0.150. The Hall–Kier alpha value is -2.41. The summed E-state index contributed by atoms with van der Waals surface area (Å²) in [5.41, 5.74) is 0. The number of furan rings is 1. The standard InChI is InChI=1S/C17H20N4O3/c22-16(20-10-13-3-1-7-23-13)12-9-15-14(4-8-24-15)21(11-12)17-18-5-2-6-19-17/h1-3,5-7,12,14-15H,4,8-11H2,(H,20,22)/t12-,14+,15+/m1/s1. The van der Waals surface area contributed by atoms with Crippen LogP contribution in [-0.2, 0) is 16.1 Å². The number of rotatable bonds is 4. The molecule has 24 heavy (non-hydrogen) atoms. The Labute approximate surface area is 140 Å². The summed E-state index contributed by atoms with van der Waals surface area (Å²) in [6.07, 6.45) is 6.80. The number of carbonyl (C=O) groups is 1. The number of fused-ring (bicyclic) bond motifs is 1. The Balaban J connectivity index is 1.47. The van der Waals surface area contributed by atoms with E-state index in [-0.39, 0.29) is 24.0 Å². The van der Waals surface area contributed by atoms with E-state index in [1.165, 1.54) is 0 Å². The third-order valence-electron chi connectivity index (χ3n) is 4.71. The van der Waals surface area contributed by atoms with E-state index in [1.807, 2.05) is 12.1 Å². The van der Waals surface area contributed by atoms with Crippen LogP contribution in [-0.4, -0.2) is 41.2 Å². The Morgan fingerprint density at radius 3 is 3.00 bits per heavy atom. The zero-order valence-electron chi connectivity index (χ0n) is 13.3. The maximum Gasteiger partial charge on any atom is 0.225 e. The van der Waals surface area contributed by atoms with E-state index in [0.29, 0.717) is 19.0 Å². The minimum Gasteiger partial charge on any atom is -0.467 e. The summed E-state index contributed by atoms with van der Waals surface area (Å²) in [6, 6.07) is 5.71. The number of hydrogen-bond acceptors (Lipinski definition) is 6. The van der Waals surface area contributed by atoms with E-state index >= 15 is 0 Å². The number of nitrogens with one attached hydrogen (secondary N) is 1. The zero-order valence-corrected chi connectivity index (χ0v) is 13.3. The lowest BCUT2D eigenvalue weighted by molar-refractivity contribution is -0.126. The monoisotopic (exact) mass is 328 g/mol. The van der Waals surface area contributed by atoms with E-state index in [4.69, 9.17) is 9.15 Å². The number of aromatic nitrogens is 2. The van der Waals surface area contributed by atoms with Crippen LogP contribution in [0.15, 0.2) is 41.3 Å². The maximum atomic E-state index is 12.6. The van der Waals surface area contributed by atoms with Crippen molar-refractivity contribution in [3.05, 3.63) is 42.6 Å². The van der Waals surface area contributed by atoms with Gasteiger partial charge in [0.2, 0.25) is 11.9 Å². The number of ether oxygens (including phenoxy) is 1. The molecule has 2 saturated heterocycles. The molecule has 0 aliphatic carbocycles. The summed E-state index contributed by atoms with van der Waals surface area (Å²) in [4.78, 5) is 23.4. The van der Waals surface area contributed by atoms with E-state index in [9.17, 15) is 4.79 Å². The molecule has 2 aromatic heterocycles. The zero-order chi connectivity index (χ0) is 16.4. The van der Waals surface area contributed by atoms with Gasteiger partial charge in [0.15, 0.2) is 0 Å². The van der Waals surface area contributed by atoms with Crippen molar-refractivity contribution in [1.82, 2.24) is 15.3 Å². The molecule has 4 rings (SSSR count). The predicted molar refractivity (Wildman–Crippen MR) is 86.2 cm³/mol. The first-order valence-corrected chi connectivity index (χ1v) is 8.26. The quantitative estimate of drug-likeness (QED) is 0.913. The van der Waals surface area contributed by atoms with Crippen LogP contribution >= 0.6 is 0 Å². The van der Waals surface area contributed by atoms with Gasteiger partial charge in [0, 0.05) is 25.5 Å². The SMILES string of the molecule is O=C(NCc1ccco1)[C@@H]1C[C@@H]2OCC[C@@H]2N(c2ncccn2)C1. The van der Waals surface area contributed by atoms with Gasteiger partial charge < -0.3 is 19.4 Å². The molecule has 0 aromatic carbocycles. The molecule has 2 fully saturated rings. The van der Waals surface area contributed by atoms with Crippen LogP contribution in [0.5, 0.6) is 0 Å². The van der Waals surface area contributed by atoms with Crippen molar-refractivity contribution in [2.75, 3.05) is 18.1 Å². The van der Waals surface area contributed by atoms with Gasteiger partial charge in [-0.15, -0.1) is 0 Å². The summed E-state index contributed by atoms with van der Waals surface area (Å²) in [6.45, 7) is 1.73. The van der Waals surface area contributed by atoms with Crippen LogP contribution in [0.25, 0.3) is 0 Å². The topological polar surface area (TPSA) is 80.5 Å². The highest BCUT2D eigenvalue weighted by Gasteiger charge is 2.43. The highest BCUT2D eigenvalue weighted by molar-refractivity contribution is 5.79. The maximum absolute atomic E-state index is 12.6. The molecule has 7 heteroatoms. The van der Waals surface area contributed by atoms with Crippen molar-refractivity contribution in [2.24, 2.45) is 5.92 Å². The molecule has 0 saturated carbocycles. The second-order valence-corrected chi connectivity index (χ2v) is 6.20. The fourth-order valence-electron chi connectivity index (χ4n) is 3.54. The molecule has 1 N–H and O–H groups in total. The highest BCUT2D eigenvalue weighted by atomic mass is 16.5. The van der Waals surface area contributed by atoms with Gasteiger partial charge >= 0.3 is 0 Å². The van der Waals surface area contributed by atoms with Crippen LogP contribution in [0, 0.1) is 5.92 Å². The molecular formula is C17H20N4O3. The van der Waals surface area contributed by atoms with Crippen LogP contribution in [0.2, 0.25) is 0 Å². The van der Waals surface area contributed by atoms with E-state index in [2.05, 4.69) is 20.2 Å². The number of hydrogen-bond donors (Lipinski definition) is 1. The van der Waals surface area contributed by atoms with Gasteiger partial charge in [-0.1, -0.05) is 0 Å². The van der Waals surface area contributed by atoms with Crippen molar-refractivity contribution in [3.8, 4) is 0 Å². The first-order chi connectivity index (χ1) is 11.8. The molecular weight excluding hydrogens is 308 g/mol. The third-order valence-corrected chi connectivity index (χ3v) is 4.71. The molecule has 0 bridgehead atoms. The summed E-state index contributed by atoms with van der Waals surface area (Å²) < 4.78 is 11.1. The Bertz CT molecular complexity index is 676. The summed E-state index contributed by atoms with van der Waals surface area (Å²) in [7, 11) is 0. The molecule has 1 amide bonds. The number of carbonyl (C=O) groups excluding carboxylic acids is 1. The van der Waals surface area contributed by atoms with Crippen LogP contribution < -0.4 is 10.2 Å². The predicted octanol–water partition coefficient (Wildman–Crippen LogP) is 1.37. The van der Waals surface area contributed by atoms with Gasteiger partial charge in [0.1, 0.15) is 5.76 Å². The first kappa shape index (κ1) is 15.1. The number of nitrogens with zero attached hydrogens (tertiary/aromatic N) is 3. The third kappa shape index (κ3) is 2.99. The molecule has 2 aliphatic rings. The van der Waals surface area contributed by atoms with Crippen LogP contribution in [0.3, 0.4) is 0 Å². The summed E-state index contributed by atoms with van der Waals surface area (Å²) in [5.74, 6) is 1.28. The Morgan fingerprint density at radius 2 is 2.21 bits per heavy atom. The normalized spacial score (nSPS) is 26.2. The molecule has 0 spiro atoms. The second-order valence-electron chi connectivity index (χ2n) is 6.20. The lowest BCUT2D eigenvalue weighted by atomic mass is 9.89. The number of amides is 1. The van der Waals surface area contributed by atoms with Crippen molar-refractivity contribution in [1.29, 1.82) is 0 Å². The number of piperidine rings is 1. The molecule has 0 unspecified atom stereocenters. The van der Waals surface area contributed by atoms with Gasteiger partial charge in [0.05, 0.1) is 30.9 Å². The molecule has 2 aromatic rings. The van der Waals surface area contributed by atoms with Gasteiger partial charge in [-0.2, -0.15) is 0 Å². The summed E-state index contributed by atoms with van der Waals surface area (Å²) >= 11 is 0. The molecule has 3 atom stereocenters. The van der Waals surface area contributed by atoms with Gasteiger partial charge in [-0.3, -0.25) is 4.79 Å². The average molecular weight is 328 g/mol. The Morgan fingerprint density at radius 1 is 1.33 bits per heavy atom. The Kier molecular flexibility index (Phi) is 4.17. The van der Waals surface area contributed by atoms with Crippen molar-refractivity contribution < 1.29 is 13.9 Å². The lowest BCUT2D eigenvalue weighted by Crippen LogP contribution is -2.53. The molecule has 0 radical (unpaired) electrons. The van der Waals surface area contributed by atoms with Gasteiger partial charge in [-0.25, -0.2) is 9.97 Å². The van der Waals surface area contributed by atoms with Crippen molar-refractivity contribution in [3.63, 3.8) is 0 Å². The van der Waals surface area contributed by atoms with E-state index < -0.39 is 0 Å². The highest BCUT2D eigenvalue weighted by Crippen LogP contribution is 2.33. The molecule has 7 nitrogen and oxygen atoms in total. The van der Waals surface area contributed by atoms with Gasteiger partial charge in [-0.05, 0) is 31.0 Å². The smallest absolute Gasteiger partial charge is 0.225 e. The van der Waals surface area contributed by atoms with E-state index in [1.54, 1.807) is 24.7 Å². The fourth-order valence-corrected chi connectivity index (χ4v) is 3.54. The van der Waals surface area contributed by atoms with Crippen molar-refractivity contribution >= 4 is 11.9 Å². The van der Waals surface area contributed by atoms with Crippen molar-refractivity contribution in [2.45, 2.75) is 31.5 Å². The first-order valence-electron chi connectivity index (χ1n) is 8.26. The molecule has 126 valence electrons. The number of anilines is 1. The van der Waals surface area contributed by atoms with E-state index in [0.717, 1.165) is 25.2 Å². The average Bonchev–Trinajstić information content (AvgIpc) is 3.31. The van der Waals surface area contributed by atoms with Crippen LogP contribution in [0.4, 0.5) is 5.95 Å². The minimum absolute atomic E-state index is 0.0151. The van der Waals surface area contributed by atoms with Crippen LogP contribution in [0.1, 0.15) is 18.6 Å². The second kappa shape index (κ2) is 6.60. The lowest BCUT2D eigenvalue weighted by Gasteiger charge is -2.40. The molecule has 2 aliphatic heterocycles. The fraction of sp³-hybridized carbons (Fsp3) is 0.471. The largest absolute Gasteiger partial charge is 0.467 e. The van der Waals surface area contributed by atoms with Gasteiger partial charge in [0.25, 0.3) is 0 Å². The molecule has 4 heterocycles.